The van der Waals surface area contributed by atoms with E-state index in [1.165, 1.54) is 7.11 Å². The first-order chi connectivity index (χ1) is 16.8. The highest BCUT2D eigenvalue weighted by atomic mass is 19.2. The summed E-state index contributed by atoms with van der Waals surface area (Å²) < 4.78 is 61.7. The maximum absolute atomic E-state index is 14.8. The summed E-state index contributed by atoms with van der Waals surface area (Å²) >= 11 is 0. The molecule has 0 aromatic carbocycles. The van der Waals surface area contributed by atoms with E-state index >= 15 is 0 Å². The van der Waals surface area contributed by atoms with E-state index in [9.17, 15) is 22.7 Å². The molecule has 1 N–H and O–H groups in total. The van der Waals surface area contributed by atoms with Crippen LogP contribution in [0.25, 0.3) is 0 Å². The van der Waals surface area contributed by atoms with Crippen molar-refractivity contribution >= 4 is 0 Å². The Morgan fingerprint density at radius 1 is 0.944 bits per heavy atom. The van der Waals surface area contributed by atoms with Crippen molar-refractivity contribution in [2.75, 3.05) is 7.11 Å². The predicted molar refractivity (Wildman–Crippen MR) is 141 cm³/mol. The van der Waals surface area contributed by atoms with Crippen LogP contribution in [0, 0.1) is 29.6 Å². The minimum absolute atomic E-state index is 0.119. The lowest BCUT2D eigenvalue weighted by atomic mass is 9.81. The van der Waals surface area contributed by atoms with Crippen LogP contribution in [-0.2, 0) is 4.74 Å². The molecule has 0 saturated heterocycles. The number of methoxy groups -OCH3 is 1. The fourth-order valence-corrected chi connectivity index (χ4v) is 3.72. The summed E-state index contributed by atoms with van der Waals surface area (Å²) in [7, 11) is 1.18. The molecule has 1 aliphatic carbocycles. The maximum Gasteiger partial charge on any atom is 0.201 e. The predicted octanol–water partition coefficient (Wildman–Crippen LogP) is 9.14. The number of halogens is 4. The lowest BCUT2D eigenvalue weighted by molar-refractivity contribution is 0.176. The van der Waals surface area contributed by atoms with E-state index in [4.69, 9.17) is 0 Å². The first-order valence-electron chi connectivity index (χ1n) is 12.3. The molecule has 0 heterocycles. The zero-order chi connectivity index (χ0) is 28.0. The summed E-state index contributed by atoms with van der Waals surface area (Å²) in [5, 5.41) is 9.43. The summed E-state index contributed by atoms with van der Waals surface area (Å²) in [6.45, 7) is 19.2. The van der Waals surface area contributed by atoms with Crippen molar-refractivity contribution in [1.29, 1.82) is 0 Å². The van der Waals surface area contributed by atoms with Crippen LogP contribution >= 0.6 is 0 Å². The Morgan fingerprint density at radius 3 is 1.81 bits per heavy atom. The molecule has 202 valence electrons. The Labute approximate surface area is 215 Å². The minimum Gasteiger partial charge on any atom is -0.494 e. The zero-order valence-corrected chi connectivity index (χ0v) is 22.6. The molecule has 0 aliphatic heterocycles. The second kappa shape index (κ2) is 17.0. The quantitative estimate of drug-likeness (QED) is 0.0987. The fraction of sp³-hybridized carbons (Fsp3) is 0.533. The molecule has 0 fully saturated rings. The van der Waals surface area contributed by atoms with Gasteiger partial charge >= 0.3 is 0 Å². The van der Waals surface area contributed by atoms with Gasteiger partial charge in [-0.2, -0.15) is 4.39 Å². The van der Waals surface area contributed by atoms with Crippen LogP contribution in [0.2, 0.25) is 0 Å². The van der Waals surface area contributed by atoms with Crippen molar-refractivity contribution in [1.82, 2.24) is 0 Å². The first-order valence-corrected chi connectivity index (χ1v) is 12.3. The van der Waals surface area contributed by atoms with Crippen molar-refractivity contribution in [3.8, 4) is 11.8 Å². The summed E-state index contributed by atoms with van der Waals surface area (Å²) in [6.07, 6.45) is 4.54. The molecule has 0 bridgehead atoms. The topological polar surface area (TPSA) is 29.5 Å². The zero-order valence-electron chi connectivity index (χ0n) is 22.6. The summed E-state index contributed by atoms with van der Waals surface area (Å²) in [5.41, 5.74) is 0.647. The van der Waals surface area contributed by atoms with Crippen molar-refractivity contribution in [3.63, 3.8) is 0 Å². The van der Waals surface area contributed by atoms with Gasteiger partial charge < -0.3 is 9.84 Å². The van der Waals surface area contributed by atoms with Crippen LogP contribution in [0.15, 0.2) is 71.6 Å². The second-order valence-electron chi connectivity index (χ2n) is 9.30. The van der Waals surface area contributed by atoms with Crippen molar-refractivity contribution < 1.29 is 27.4 Å². The van der Waals surface area contributed by atoms with E-state index in [0.717, 1.165) is 0 Å². The number of allylic oxidation sites excluding steroid dienone is 8. The first kappa shape index (κ1) is 33.5. The molecule has 6 heteroatoms. The molecule has 0 spiro atoms. The fourth-order valence-electron chi connectivity index (χ4n) is 3.72. The average molecular weight is 511 g/mol. The van der Waals surface area contributed by atoms with Gasteiger partial charge in [-0.15, -0.1) is 6.58 Å². The number of aliphatic hydroxyl groups excluding tert-OH is 1. The summed E-state index contributed by atoms with van der Waals surface area (Å²) in [6, 6.07) is 0. The Bertz CT molecular complexity index is 928. The standard InChI is InChI=1S/C27H36F4O2.C3H6/c1-16(9-11-19(4)24(28)25(29)21(6)33-7)8-10-17(2)22-14-15-23(27(31)26(22)30)18(3)12-13-20(5)32;1-3-2/h16-18,20,32H,4,6,8,10,12-15H2,1-3,5,7H3;3H,1H2,2H3/b25-24-;. The van der Waals surface area contributed by atoms with Crippen LogP contribution in [-0.4, -0.2) is 18.3 Å². The molecular formula is C30H42F4O2. The largest absolute Gasteiger partial charge is 0.494 e. The molecule has 0 aromatic heterocycles. The van der Waals surface area contributed by atoms with Crippen molar-refractivity contribution in [3.05, 3.63) is 71.6 Å². The Hall–Kier alpha value is -2.52. The smallest absolute Gasteiger partial charge is 0.201 e. The van der Waals surface area contributed by atoms with Crippen LogP contribution in [0.5, 0.6) is 0 Å². The van der Waals surface area contributed by atoms with Gasteiger partial charge in [0.2, 0.25) is 5.83 Å². The SMILES string of the molecule is C=C(C#CC(C)CCC(C)C1=C(F)C(F)=C(C(C)CCC(C)O)CC1)/C(F)=C(/F)C(=C)OC.C=CC. The van der Waals surface area contributed by atoms with E-state index in [2.05, 4.69) is 36.3 Å². The number of ether oxygens (including phenoxy) is 1. The third kappa shape index (κ3) is 11.0. The lowest BCUT2D eigenvalue weighted by Gasteiger charge is -2.26. The number of hydrogen-bond donors (Lipinski definition) is 1. The Kier molecular flexibility index (Phi) is 15.8. The van der Waals surface area contributed by atoms with Crippen LogP contribution in [0.1, 0.15) is 73.1 Å². The summed E-state index contributed by atoms with van der Waals surface area (Å²) in [5.74, 6) is 0.453. The maximum atomic E-state index is 14.8. The molecule has 0 aromatic rings. The van der Waals surface area contributed by atoms with E-state index in [1.807, 2.05) is 27.7 Å². The third-order valence-electron chi connectivity index (χ3n) is 6.08. The van der Waals surface area contributed by atoms with Gasteiger partial charge in [-0.1, -0.05) is 51.8 Å². The molecular weight excluding hydrogens is 468 g/mol. The van der Waals surface area contributed by atoms with Crippen LogP contribution < -0.4 is 0 Å². The number of aliphatic hydroxyl groups is 1. The van der Waals surface area contributed by atoms with E-state index < -0.39 is 35.2 Å². The molecule has 1 rings (SSSR count). The van der Waals surface area contributed by atoms with Gasteiger partial charge in [0.1, 0.15) is 5.76 Å². The molecule has 4 atom stereocenters. The molecule has 0 saturated carbocycles. The van der Waals surface area contributed by atoms with Gasteiger partial charge in [-0.05, 0) is 75.4 Å². The summed E-state index contributed by atoms with van der Waals surface area (Å²) in [4.78, 5) is 0. The van der Waals surface area contributed by atoms with Gasteiger partial charge in [0.05, 0.1) is 18.8 Å². The molecule has 4 unspecified atom stereocenters. The Morgan fingerprint density at radius 2 is 1.39 bits per heavy atom. The average Bonchev–Trinajstić information content (AvgIpc) is 2.84. The highest BCUT2D eigenvalue weighted by Gasteiger charge is 2.28. The second-order valence-corrected chi connectivity index (χ2v) is 9.30. The molecule has 0 radical (unpaired) electrons. The van der Waals surface area contributed by atoms with Gasteiger partial charge in [0.15, 0.2) is 17.5 Å². The highest BCUT2D eigenvalue weighted by molar-refractivity contribution is 5.44. The number of rotatable bonds is 11. The van der Waals surface area contributed by atoms with Crippen molar-refractivity contribution in [2.24, 2.45) is 17.8 Å². The molecule has 1 aliphatic rings. The minimum atomic E-state index is -1.24. The molecule has 2 nitrogen and oxygen atoms in total. The van der Waals surface area contributed by atoms with Crippen molar-refractivity contribution in [2.45, 2.75) is 79.2 Å². The lowest BCUT2D eigenvalue weighted by Crippen LogP contribution is -2.14. The Balaban J connectivity index is 0.00000387. The van der Waals surface area contributed by atoms with Crippen LogP contribution in [0.3, 0.4) is 0 Å². The highest BCUT2D eigenvalue weighted by Crippen LogP contribution is 2.40. The van der Waals surface area contributed by atoms with Gasteiger partial charge in [0, 0.05) is 5.92 Å². The van der Waals surface area contributed by atoms with Gasteiger partial charge in [-0.3, -0.25) is 0 Å². The number of hydrogen-bond acceptors (Lipinski definition) is 2. The van der Waals surface area contributed by atoms with E-state index in [0.29, 0.717) is 49.7 Å². The van der Waals surface area contributed by atoms with Gasteiger partial charge in [0.25, 0.3) is 0 Å². The van der Waals surface area contributed by atoms with Gasteiger partial charge in [-0.25, -0.2) is 13.2 Å². The van der Waals surface area contributed by atoms with Crippen LogP contribution in [0.4, 0.5) is 17.6 Å². The normalized spacial score (nSPS) is 17.4. The monoisotopic (exact) mass is 510 g/mol. The van der Waals surface area contributed by atoms with E-state index in [-0.39, 0.29) is 23.3 Å². The molecule has 36 heavy (non-hydrogen) atoms. The molecule has 0 amide bonds. The van der Waals surface area contributed by atoms with E-state index in [1.54, 1.807) is 13.0 Å². The third-order valence-corrected chi connectivity index (χ3v) is 6.08.